The topological polar surface area (TPSA) is 66.7 Å². The Hall–Kier alpha value is -1.92. The number of hydrogen-bond acceptors (Lipinski definition) is 6. The van der Waals surface area contributed by atoms with Gasteiger partial charge in [-0.1, -0.05) is 23.4 Å². The number of phenolic OH excluding ortho intramolecular Hbond substituents is 1. The molecule has 0 radical (unpaired) electrons. The molecule has 0 saturated carbocycles. The second-order valence-corrected chi connectivity index (χ2v) is 6.88. The molecule has 120 valence electrons. The molecule has 1 aromatic heterocycles. The van der Waals surface area contributed by atoms with Crippen molar-refractivity contribution in [3.8, 4) is 5.75 Å². The van der Waals surface area contributed by atoms with Crippen molar-refractivity contribution >= 4 is 17.0 Å². The Kier molecular flexibility index (Phi) is 4.01. The average molecular weight is 329 g/mol. The van der Waals surface area contributed by atoms with E-state index in [0.717, 1.165) is 42.9 Å². The SMILES string of the molecule is Oc1ccccc1C1CC(c2csc(C3CCNCC3)n2)=NO1. The van der Waals surface area contributed by atoms with Gasteiger partial charge in [0.2, 0.25) is 0 Å². The first-order valence-corrected chi connectivity index (χ1v) is 8.86. The maximum atomic E-state index is 9.95. The van der Waals surface area contributed by atoms with Gasteiger partial charge in [-0.25, -0.2) is 4.98 Å². The van der Waals surface area contributed by atoms with Crippen LogP contribution in [0.25, 0.3) is 0 Å². The summed E-state index contributed by atoms with van der Waals surface area (Å²) in [6.45, 7) is 2.14. The van der Waals surface area contributed by atoms with E-state index in [2.05, 4.69) is 15.9 Å². The molecular formula is C17H19N3O2S. The van der Waals surface area contributed by atoms with E-state index in [1.165, 1.54) is 5.01 Å². The number of phenols is 1. The maximum Gasteiger partial charge on any atom is 0.161 e. The third-order valence-corrected chi connectivity index (χ3v) is 5.47. The molecule has 0 aliphatic carbocycles. The molecule has 4 rings (SSSR count). The largest absolute Gasteiger partial charge is 0.508 e. The van der Waals surface area contributed by atoms with Crippen LogP contribution in [0.1, 0.15) is 47.5 Å². The van der Waals surface area contributed by atoms with Crippen LogP contribution in [0.15, 0.2) is 34.8 Å². The van der Waals surface area contributed by atoms with Crippen LogP contribution in [0.3, 0.4) is 0 Å². The van der Waals surface area contributed by atoms with Crippen molar-refractivity contribution in [2.45, 2.75) is 31.3 Å². The van der Waals surface area contributed by atoms with Crippen molar-refractivity contribution in [1.29, 1.82) is 0 Å². The minimum atomic E-state index is -0.227. The number of oxime groups is 1. The molecule has 0 bridgehead atoms. The van der Waals surface area contributed by atoms with Crippen molar-refractivity contribution < 1.29 is 9.94 Å². The van der Waals surface area contributed by atoms with E-state index in [1.54, 1.807) is 23.5 Å². The molecule has 1 aromatic carbocycles. The van der Waals surface area contributed by atoms with Crippen molar-refractivity contribution in [3.63, 3.8) is 0 Å². The molecule has 1 atom stereocenters. The van der Waals surface area contributed by atoms with Crippen LogP contribution in [0, 0.1) is 0 Å². The fourth-order valence-corrected chi connectivity index (χ4v) is 4.13. The molecule has 23 heavy (non-hydrogen) atoms. The summed E-state index contributed by atoms with van der Waals surface area (Å²) in [5, 5.41) is 20.8. The zero-order valence-electron chi connectivity index (χ0n) is 12.7. The Bertz CT molecular complexity index is 722. The van der Waals surface area contributed by atoms with Gasteiger partial charge in [0, 0.05) is 23.3 Å². The van der Waals surface area contributed by atoms with Gasteiger partial charge in [0.25, 0.3) is 0 Å². The number of nitrogens with one attached hydrogen (secondary N) is 1. The number of benzene rings is 1. The van der Waals surface area contributed by atoms with Gasteiger partial charge in [-0.05, 0) is 32.0 Å². The smallest absolute Gasteiger partial charge is 0.161 e. The molecule has 2 aliphatic heterocycles. The van der Waals surface area contributed by atoms with Crippen molar-refractivity contribution in [3.05, 3.63) is 45.9 Å². The van der Waals surface area contributed by atoms with Gasteiger partial charge in [0.05, 0.1) is 10.7 Å². The molecule has 1 fully saturated rings. The molecule has 1 saturated heterocycles. The number of thiazole rings is 1. The molecule has 2 N–H and O–H groups in total. The summed E-state index contributed by atoms with van der Waals surface area (Å²) in [5.74, 6) is 0.814. The lowest BCUT2D eigenvalue weighted by molar-refractivity contribution is 0.0838. The minimum absolute atomic E-state index is 0.227. The van der Waals surface area contributed by atoms with E-state index in [-0.39, 0.29) is 11.9 Å². The average Bonchev–Trinajstić information content (AvgIpc) is 3.25. The van der Waals surface area contributed by atoms with E-state index >= 15 is 0 Å². The summed E-state index contributed by atoms with van der Waals surface area (Å²) in [6, 6.07) is 7.25. The van der Waals surface area contributed by atoms with Crippen LogP contribution in [-0.2, 0) is 4.84 Å². The molecule has 1 unspecified atom stereocenters. The van der Waals surface area contributed by atoms with Crippen LogP contribution in [0.5, 0.6) is 5.75 Å². The Balaban J connectivity index is 1.47. The monoisotopic (exact) mass is 329 g/mol. The lowest BCUT2D eigenvalue weighted by atomic mass is 9.99. The summed E-state index contributed by atoms with van der Waals surface area (Å²) < 4.78 is 0. The number of piperidine rings is 1. The highest BCUT2D eigenvalue weighted by molar-refractivity contribution is 7.09. The summed E-state index contributed by atoms with van der Waals surface area (Å²) in [5.41, 5.74) is 2.57. The molecule has 6 heteroatoms. The summed E-state index contributed by atoms with van der Waals surface area (Å²) in [7, 11) is 0. The Morgan fingerprint density at radius 2 is 2.04 bits per heavy atom. The van der Waals surface area contributed by atoms with Crippen LogP contribution in [-0.4, -0.2) is 28.9 Å². The van der Waals surface area contributed by atoms with Crippen molar-refractivity contribution in [2.75, 3.05) is 13.1 Å². The van der Waals surface area contributed by atoms with Gasteiger partial charge in [0.1, 0.15) is 11.5 Å². The molecule has 5 nitrogen and oxygen atoms in total. The molecule has 3 heterocycles. The summed E-state index contributed by atoms with van der Waals surface area (Å²) in [4.78, 5) is 10.3. The number of aromatic hydroxyl groups is 1. The van der Waals surface area contributed by atoms with E-state index in [4.69, 9.17) is 9.82 Å². The molecule has 0 spiro atoms. The normalized spacial score (nSPS) is 21.9. The Labute approximate surface area is 139 Å². The predicted molar refractivity (Wildman–Crippen MR) is 90.0 cm³/mol. The van der Waals surface area contributed by atoms with Crippen molar-refractivity contribution in [2.24, 2.45) is 5.16 Å². The second-order valence-electron chi connectivity index (χ2n) is 5.99. The van der Waals surface area contributed by atoms with Crippen LogP contribution in [0.4, 0.5) is 0 Å². The third kappa shape index (κ3) is 2.96. The first-order chi connectivity index (χ1) is 11.3. The van der Waals surface area contributed by atoms with Crippen LogP contribution in [0.2, 0.25) is 0 Å². The third-order valence-electron chi connectivity index (χ3n) is 4.46. The highest BCUT2D eigenvalue weighted by Crippen LogP contribution is 2.35. The Morgan fingerprint density at radius 3 is 2.87 bits per heavy atom. The van der Waals surface area contributed by atoms with E-state index in [1.807, 2.05) is 12.1 Å². The molecule has 2 aliphatic rings. The first kappa shape index (κ1) is 14.7. The molecule has 2 aromatic rings. The minimum Gasteiger partial charge on any atom is -0.508 e. The fraction of sp³-hybridized carbons (Fsp3) is 0.412. The highest BCUT2D eigenvalue weighted by Gasteiger charge is 2.28. The van der Waals surface area contributed by atoms with Gasteiger partial charge < -0.3 is 15.3 Å². The van der Waals surface area contributed by atoms with Gasteiger partial charge in [-0.2, -0.15) is 0 Å². The fourth-order valence-electron chi connectivity index (χ4n) is 3.13. The zero-order valence-corrected chi connectivity index (χ0v) is 13.6. The number of aromatic nitrogens is 1. The van der Waals surface area contributed by atoms with E-state index in [0.29, 0.717) is 12.3 Å². The zero-order chi connectivity index (χ0) is 15.6. The Morgan fingerprint density at radius 1 is 1.22 bits per heavy atom. The number of rotatable bonds is 3. The van der Waals surface area contributed by atoms with Gasteiger partial charge >= 0.3 is 0 Å². The molecule has 0 amide bonds. The first-order valence-electron chi connectivity index (χ1n) is 7.98. The molecular weight excluding hydrogens is 310 g/mol. The summed E-state index contributed by atoms with van der Waals surface area (Å²) in [6.07, 6.45) is 2.72. The second kappa shape index (κ2) is 6.29. The van der Waals surface area contributed by atoms with Crippen molar-refractivity contribution in [1.82, 2.24) is 10.3 Å². The predicted octanol–water partition coefficient (Wildman–Crippen LogP) is 3.18. The van der Waals surface area contributed by atoms with Gasteiger partial charge in [-0.15, -0.1) is 11.3 Å². The van der Waals surface area contributed by atoms with E-state index in [9.17, 15) is 5.11 Å². The lowest BCUT2D eigenvalue weighted by Crippen LogP contribution is -2.26. The van der Waals surface area contributed by atoms with E-state index < -0.39 is 0 Å². The standard InChI is InChI=1S/C17H19N3O2S/c21-15-4-2-1-3-12(15)16-9-13(20-22-16)14-10-23-17(19-14)11-5-7-18-8-6-11/h1-4,10-11,16,18,21H,5-9H2. The van der Waals surface area contributed by atoms with Crippen LogP contribution < -0.4 is 5.32 Å². The quantitative estimate of drug-likeness (QED) is 0.907. The van der Waals surface area contributed by atoms with Crippen LogP contribution >= 0.6 is 11.3 Å². The number of hydrogen-bond donors (Lipinski definition) is 2. The maximum absolute atomic E-state index is 9.95. The lowest BCUT2D eigenvalue weighted by Gasteiger charge is -2.20. The van der Waals surface area contributed by atoms with Gasteiger partial charge in [0.15, 0.2) is 6.10 Å². The summed E-state index contributed by atoms with van der Waals surface area (Å²) >= 11 is 1.72. The van der Waals surface area contributed by atoms with Gasteiger partial charge in [-0.3, -0.25) is 0 Å². The highest BCUT2D eigenvalue weighted by atomic mass is 32.1. The number of nitrogens with zero attached hydrogens (tertiary/aromatic N) is 2. The number of para-hydroxylation sites is 1.